The molecule has 0 fully saturated rings. The summed E-state index contributed by atoms with van der Waals surface area (Å²) < 4.78 is 81.4. The fraction of sp³-hybridized carbons (Fsp3) is 0.0588. The second-order valence-electron chi connectivity index (χ2n) is 5.61. The zero-order chi connectivity index (χ0) is 20.7. The van der Waals surface area contributed by atoms with E-state index >= 15 is 0 Å². The van der Waals surface area contributed by atoms with Gasteiger partial charge >= 0.3 is 6.18 Å². The Labute approximate surface area is 155 Å². The Bertz CT molecular complexity index is 1190. The monoisotopic (exact) mass is 411 g/mol. The molecule has 0 atom stereocenters. The second kappa shape index (κ2) is 6.74. The predicted octanol–water partition coefficient (Wildman–Crippen LogP) is 3.69. The molecule has 3 aromatic rings. The van der Waals surface area contributed by atoms with Gasteiger partial charge in [0.05, 0.1) is 17.2 Å². The topological polar surface area (TPSA) is 110 Å². The first-order valence-corrected chi connectivity index (χ1v) is 8.97. The van der Waals surface area contributed by atoms with Crippen LogP contribution in [-0.2, 0) is 16.2 Å². The summed E-state index contributed by atoms with van der Waals surface area (Å²) in [6.07, 6.45) is -4.94. The highest BCUT2D eigenvalue weighted by Crippen LogP contribution is 2.43. The Morgan fingerprint density at radius 2 is 1.68 bits per heavy atom. The number of nitrogens with two attached hydrogens (primary N) is 1. The number of hydrogen-bond acceptors (Lipinski definition) is 5. The average molecular weight is 411 g/mol. The van der Waals surface area contributed by atoms with Crippen molar-refractivity contribution in [1.82, 2.24) is 5.16 Å². The number of rotatable bonds is 3. The van der Waals surface area contributed by atoms with Crippen molar-refractivity contribution in [2.45, 2.75) is 11.1 Å². The Kier molecular flexibility index (Phi) is 4.70. The first-order chi connectivity index (χ1) is 13.0. The largest absolute Gasteiger partial charge is 0.453 e. The molecule has 144 valence electrons. The molecule has 11 heteroatoms. The van der Waals surface area contributed by atoms with E-state index in [4.69, 9.17) is 10.4 Å². The Hall–Kier alpha value is -3.23. The maximum atomic E-state index is 14.2. The molecule has 0 saturated heterocycles. The molecule has 0 unspecified atom stereocenters. The van der Waals surface area contributed by atoms with Gasteiger partial charge in [0.15, 0.2) is 0 Å². The van der Waals surface area contributed by atoms with E-state index in [2.05, 4.69) is 9.68 Å². The zero-order valence-corrected chi connectivity index (χ0v) is 14.5. The van der Waals surface area contributed by atoms with E-state index in [-0.39, 0.29) is 22.4 Å². The fourth-order valence-corrected chi connectivity index (χ4v) is 3.13. The lowest BCUT2D eigenvalue weighted by molar-refractivity contribution is -0.154. The zero-order valence-electron chi connectivity index (χ0n) is 13.7. The van der Waals surface area contributed by atoms with Crippen LogP contribution in [0.5, 0.6) is 0 Å². The molecular formula is C17H9F4N3O3S. The van der Waals surface area contributed by atoms with E-state index < -0.39 is 38.2 Å². The number of primary sulfonamides is 1. The quantitative estimate of drug-likeness (QED) is 0.661. The maximum absolute atomic E-state index is 14.2. The van der Waals surface area contributed by atoms with E-state index in [0.29, 0.717) is 6.07 Å². The maximum Gasteiger partial charge on any atom is 0.453 e. The molecule has 0 aliphatic rings. The number of benzene rings is 2. The smallest absolute Gasteiger partial charge is 0.350 e. The molecule has 0 spiro atoms. The standard InChI is InChI=1S/C17H9F4N3O3S/c18-12-7-11(5-6-13(12)28(23,25)26)14-15(24-27-16(14)17(19,20)21)10-3-1-9(8-22)2-4-10/h1-7H,(H2,23,25,26). The van der Waals surface area contributed by atoms with Crippen molar-refractivity contribution in [2.75, 3.05) is 0 Å². The number of sulfonamides is 1. The molecule has 3 rings (SSSR count). The lowest BCUT2D eigenvalue weighted by Crippen LogP contribution is -2.14. The third kappa shape index (κ3) is 3.60. The summed E-state index contributed by atoms with van der Waals surface area (Å²) in [5, 5.41) is 17.1. The molecule has 0 aliphatic carbocycles. The van der Waals surface area contributed by atoms with Crippen LogP contribution < -0.4 is 5.14 Å². The second-order valence-corrected chi connectivity index (χ2v) is 7.14. The Balaban J connectivity index is 2.25. The van der Waals surface area contributed by atoms with Gasteiger partial charge in [-0.05, 0) is 29.8 Å². The summed E-state index contributed by atoms with van der Waals surface area (Å²) in [6, 6.07) is 9.65. The highest BCUT2D eigenvalue weighted by atomic mass is 32.2. The minimum absolute atomic E-state index is 0.184. The minimum atomic E-state index is -4.94. The molecule has 0 bridgehead atoms. The lowest BCUT2D eigenvalue weighted by atomic mass is 9.98. The number of alkyl halides is 3. The molecular weight excluding hydrogens is 402 g/mol. The Morgan fingerprint density at radius 1 is 1.07 bits per heavy atom. The van der Waals surface area contributed by atoms with Crippen LogP contribution in [0.4, 0.5) is 17.6 Å². The summed E-state index contributed by atoms with van der Waals surface area (Å²) in [7, 11) is -4.39. The number of halogens is 4. The third-order valence-electron chi connectivity index (χ3n) is 3.76. The summed E-state index contributed by atoms with van der Waals surface area (Å²) in [6.45, 7) is 0. The summed E-state index contributed by atoms with van der Waals surface area (Å²) in [5.74, 6) is -2.80. The molecule has 1 aromatic heterocycles. The van der Waals surface area contributed by atoms with Gasteiger partial charge < -0.3 is 4.52 Å². The van der Waals surface area contributed by atoms with Gasteiger partial charge in [-0.3, -0.25) is 0 Å². The van der Waals surface area contributed by atoms with Crippen LogP contribution in [-0.4, -0.2) is 13.6 Å². The van der Waals surface area contributed by atoms with Gasteiger partial charge in [0.1, 0.15) is 16.4 Å². The average Bonchev–Trinajstić information content (AvgIpc) is 3.06. The van der Waals surface area contributed by atoms with Crippen LogP contribution in [0.1, 0.15) is 11.3 Å². The SMILES string of the molecule is N#Cc1ccc(-c2noc(C(F)(F)F)c2-c2ccc(S(N)(=O)=O)c(F)c2)cc1. The molecule has 0 radical (unpaired) electrons. The summed E-state index contributed by atoms with van der Waals surface area (Å²) in [4.78, 5) is -0.860. The van der Waals surface area contributed by atoms with E-state index in [1.54, 1.807) is 0 Å². The van der Waals surface area contributed by atoms with Crippen molar-refractivity contribution in [3.05, 3.63) is 59.6 Å². The highest BCUT2D eigenvalue weighted by molar-refractivity contribution is 7.89. The van der Waals surface area contributed by atoms with Crippen LogP contribution >= 0.6 is 0 Å². The van der Waals surface area contributed by atoms with Crippen molar-refractivity contribution in [2.24, 2.45) is 5.14 Å². The van der Waals surface area contributed by atoms with E-state index in [1.807, 2.05) is 6.07 Å². The van der Waals surface area contributed by atoms with Gasteiger partial charge in [-0.25, -0.2) is 17.9 Å². The van der Waals surface area contributed by atoms with Gasteiger partial charge in [0, 0.05) is 5.56 Å². The molecule has 0 saturated carbocycles. The van der Waals surface area contributed by atoms with Gasteiger partial charge in [0.2, 0.25) is 15.8 Å². The lowest BCUT2D eigenvalue weighted by Gasteiger charge is -2.09. The first-order valence-electron chi connectivity index (χ1n) is 7.42. The first kappa shape index (κ1) is 19.5. The van der Waals surface area contributed by atoms with Crippen LogP contribution in [0.2, 0.25) is 0 Å². The highest BCUT2D eigenvalue weighted by Gasteiger charge is 2.41. The van der Waals surface area contributed by atoms with Gasteiger partial charge in [-0.15, -0.1) is 0 Å². The predicted molar refractivity (Wildman–Crippen MR) is 88.4 cm³/mol. The van der Waals surface area contributed by atoms with Gasteiger partial charge in [0.25, 0.3) is 0 Å². The van der Waals surface area contributed by atoms with Crippen molar-refractivity contribution in [3.8, 4) is 28.5 Å². The number of nitriles is 1. The van der Waals surface area contributed by atoms with Crippen molar-refractivity contribution in [1.29, 1.82) is 5.26 Å². The third-order valence-corrected chi connectivity index (χ3v) is 4.71. The summed E-state index contributed by atoms with van der Waals surface area (Å²) >= 11 is 0. The number of aromatic nitrogens is 1. The van der Waals surface area contributed by atoms with Gasteiger partial charge in [-0.2, -0.15) is 18.4 Å². The molecule has 1 heterocycles. The van der Waals surface area contributed by atoms with Gasteiger partial charge in [-0.1, -0.05) is 23.4 Å². The Morgan fingerprint density at radius 3 is 2.18 bits per heavy atom. The summed E-state index contributed by atoms with van der Waals surface area (Å²) in [5.41, 5.74) is -0.674. The van der Waals surface area contributed by atoms with E-state index in [9.17, 15) is 26.0 Å². The number of nitrogens with zero attached hydrogens (tertiary/aromatic N) is 2. The molecule has 28 heavy (non-hydrogen) atoms. The normalized spacial score (nSPS) is 12.0. The van der Waals surface area contributed by atoms with Crippen molar-refractivity contribution < 1.29 is 30.5 Å². The molecule has 6 nitrogen and oxygen atoms in total. The molecule has 0 amide bonds. The number of hydrogen-bond donors (Lipinski definition) is 1. The fourth-order valence-electron chi connectivity index (χ4n) is 2.54. The van der Waals surface area contributed by atoms with E-state index in [0.717, 1.165) is 12.1 Å². The van der Waals surface area contributed by atoms with Crippen molar-refractivity contribution >= 4 is 10.0 Å². The van der Waals surface area contributed by atoms with Crippen LogP contribution in [0, 0.1) is 17.1 Å². The van der Waals surface area contributed by atoms with Crippen LogP contribution in [0.15, 0.2) is 51.9 Å². The molecule has 2 N–H and O–H groups in total. The minimum Gasteiger partial charge on any atom is -0.350 e. The molecule has 0 aliphatic heterocycles. The molecule has 2 aromatic carbocycles. The van der Waals surface area contributed by atoms with E-state index in [1.165, 1.54) is 24.3 Å². The van der Waals surface area contributed by atoms with Crippen molar-refractivity contribution in [3.63, 3.8) is 0 Å². The van der Waals surface area contributed by atoms with Crippen LogP contribution in [0.3, 0.4) is 0 Å². The van der Waals surface area contributed by atoms with Crippen LogP contribution in [0.25, 0.3) is 22.4 Å².